The first-order chi connectivity index (χ1) is 3.81. The van der Waals surface area contributed by atoms with Crippen molar-refractivity contribution in [2.24, 2.45) is 5.73 Å². The summed E-state index contributed by atoms with van der Waals surface area (Å²) in [7, 11) is 2.02. The fourth-order valence-corrected chi connectivity index (χ4v) is 0.833. The highest BCUT2D eigenvalue weighted by molar-refractivity contribution is 7.98. The maximum Gasteiger partial charge on any atom is 0.0452 e. The van der Waals surface area contributed by atoms with Gasteiger partial charge in [-0.3, -0.25) is 4.90 Å². The van der Waals surface area contributed by atoms with Crippen LogP contribution in [0, 0.1) is 0 Å². The highest BCUT2D eigenvalue weighted by Gasteiger charge is 1.89. The molecular formula is C5H14N2S. The van der Waals surface area contributed by atoms with Crippen LogP contribution in [-0.4, -0.2) is 37.2 Å². The third-order valence-corrected chi connectivity index (χ3v) is 1.58. The average molecular weight is 134 g/mol. The van der Waals surface area contributed by atoms with Crippen molar-refractivity contribution in [2.75, 3.05) is 32.3 Å². The molecule has 2 nitrogen and oxygen atoms in total. The highest BCUT2D eigenvalue weighted by Crippen LogP contribution is 1.90. The lowest BCUT2D eigenvalue weighted by atomic mass is 10.7. The van der Waals surface area contributed by atoms with E-state index >= 15 is 0 Å². The molecule has 0 aliphatic heterocycles. The Balaban J connectivity index is 2.86. The molecule has 0 saturated carbocycles. The van der Waals surface area contributed by atoms with E-state index in [9.17, 15) is 0 Å². The van der Waals surface area contributed by atoms with Crippen molar-refractivity contribution in [1.82, 2.24) is 4.90 Å². The monoisotopic (exact) mass is 134 g/mol. The molecular weight excluding hydrogens is 120 g/mol. The normalized spacial score (nSPS) is 10.5. The van der Waals surface area contributed by atoms with E-state index in [-0.39, 0.29) is 0 Å². The van der Waals surface area contributed by atoms with E-state index in [4.69, 9.17) is 5.73 Å². The topological polar surface area (TPSA) is 29.3 Å². The van der Waals surface area contributed by atoms with Gasteiger partial charge in [-0.25, -0.2) is 0 Å². The smallest absolute Gasteiger partial charge is 0.0452 e. The summed E-state index contributed by atoms with van der Waals surface area (Å²) < 4.78 is 0. The number of rotatable bonds is 4. The summed E-state index contributed by atoms with van der Waals surface area (Å²) in [6.07, 6.45) is 2.10. The van der Waals surface area contributed by atoms with Crippen molar-refractivity contribution in [3.8, 4) is 0 Å². The Morgan fingerprint density at radius 1 is 1.62 bits per heavy atom. The summed E-state index contributed by atoms with van der Waals surface area (Å²) in [5.74, 6) is 1.17. The molecule has 0 aromatic heterocycles. The molecule has 0 amide bonds. The number of nitrogens with two attached hydrogens (primary N) is 1. The molecule has 0 unspecified atom stereocenters. The largest absolute Gasteiger partial charge is 0.318 e. The maximum atomic E-state index is 5.33. The Kier molecular flexibility index (Phi) is 5.59. The highest BCUT2D eigenvalue weighted by atomic mass is 32.2. The number of nitrogens with zero attached hydrogens (tertiary/aromatic N) is 1. The van der Waals surface area contributed by atoms with Crippen molar-refractivity contribution in [1.29, 1.82) is 0 Å². The van der Waals surface area contributed by atoms with Gasteiger partial charge in [-0.05, 0) is 13.3 Å². The molecule has 2 N–H and O–H groups in total. The molecule has 0 fully saturated rings. The molecule has 0 bridgehead atoms. The van der Waals surface area contributed by atoms with Crippen LogP contribution in [-0.2, 0) is 0 Å². The lowest BCUT2D eigenvalue weighted by Gasteiger charge is -2.11. The molecule has 0 radical (unpaired) electrons. The van der Waals surface area contributed by atoms with Crippen LogP contribution < -0.4 is 5.73 Å². The van der Waals surface area contributed by atoms with Crippen LogP contribution in [0.2, 0.25) is 0 Å². The summed E-state index contributed by atoms with van der Waals surface area (Å²) in [4.78, 5) is 2.09. The van der Waals surface area contributed by atoms with Crippen molar-refractivity contribution in [3.05, 3.63) is 0 Å². The number of thioether (sulfide) groups is 1. The standard InChI is InChI=1S/C5H14N2S/c1-7(5-6)3-4-8-2/h3-6H2,1-2H3. The zero-order valence-corrected chi connectivity index (χ0v) is 6.37. The fourth-order valence-electron chi connectivity index (χ4n) is 0.338. The van der Waals surface area contributed by atoms with Gasteiger partial charge < -0.3 is 5.73 Å². The molecule has 0 saturated heterocycles. The van der Waals surface area contributed by atoms with E-state index < -0.39 is 0 Å². The van der Waals surface area contributed by atoms with Crippen molar-refractivity contribution in [3.63, 3.8) is 0 Å². The minimum Gasteiger partial charge on any atom is -0.318 e. The Morgan fingerprint density at radius 3 is 2.62 bits per heavy atom. The maximum absolute atomic E-state index is 5.33. The van der Waals surface area contributed by atoms with Gasteiger partial charge in [0.25, 0.3) is 0 Å². The van der Waals surface area contributed by atoms with E-state index in [1.54, 1.807) is 0 Å². The van der Waals surface area contributed by atoms with Crippen molar-refractivity contribution < 1.29 is 0 Å². The van der Waals surface area contributed by atoms with Crippen LogP contribution in [0.25, 0.3) is 0 Å². The second-order valence-corrected chi connectivity index (χ2v) is 2.74. The molecule has 8 heavy (non-hydrogen) atoms. The van der Waals surface area contributed by atoms with Gasteiger partial charge in [0.05, 0.1) is 0 Å². The van der Waals surface area contributed by atoms with E-state index in [1.807, 2.05) is 18.8 Å². The van der Waals surface area contributed by atoms with Gasteiger partial charge in [0.2, 0.25) is 0 Å². The molecule has 0 spiro atoms. The summed E-state index contributed by atoms with van der Waals surface area (Å²) in [5.41, 5.74) is 5.33. The Bertz CT molecular complexity index is 49.7. The molecule has 0 atom stereocenters. The molecule has 0 aromatic carbocycles. The summed E-state index contributed by atoms with van der Waals surface area (Å²) in [6.45, 7) is 1.76. The van der Waals surface area contributed by atoms with Crippen LogP contribution in [0.15, 0.2) is 0 Å². The molecule has 0 heterocycles. The van der Waals surface area contributed by atoms with Crippen LogP contribution in [0.5, 0.6) is 0 Å². The zero-order valence-electron chi connectivity index (χ0n) is 5.55. The third-order valence-electron chi connectivity index (χ3n) is 0.989. The number of hydrogen-bond acceptors (Lipinski definition) is 3. The summed E-state index contributed by atoms with van der Waals surface area (Å²) in [6, 6.07) is 0. The van der Waals surface area contributed by atoms with Crippen molar-refractivity contribution >= 4 is 11.8 Å². The van der Waals surface area contributed by atoms with Crippen LogP contribution in [0.1, 0.15) is 0 Å². The predicted molar refractivity (Wildman–Crippen MR) is 40.1 cm³/mol. The second kappa shape index (κ2) is 5.41. The molecule has 0 rings (SSSR count). The van der Waals surface area contributed by atoms with Gasteiger partial charge in [-0.1, -0.05) is 0 Å². The van der Waals surface area contributed by atoms with E-state index in [0.29, 0.717) is 6.67 Å². The van der Waals surface area contributed by atoms with Gasteiger partial charge in [-0.2, -0.15) is 11.8 Å². The first kappa shape index (κ1) is 8.27. The van der Waals surface area contributed by atoms with Gasteiger partial charge in [0.15, 0.2) is 0 Å². The Labute approximate surface area is 55.4 Å². The lowest BCUT2D eigenvalue weighted by molar-refractivity contribution is 0.367. The predicted octanol–water partition coefficient (Wildman–Crippen LogP) is 0.197. The fraction of sp³-hybridized carbons (Fsp3) is 1.00. The molecule has 50 valence electrons. The minimum atomic E-state index is 0.667. The summed E-state index contributed by atoms with van der Waals surface area (Å²) >= 11 is 1.85. The van der Waals surface area contributed by atoms with Gasteiger partial charge in [0, 0.05) is 19.0 Å². The Morgan fingerprint density at radius 2 is 2.25 bits per heavy atom. The molecule has 0 aliphatic carbocycles. The van der Waals surface area contributed by atoms with E-state index in [2.05, 4.69) is 11.2 Å². The second-order valence-electron chi connectivity index (χ2n) is 1.76. The lowest BCUT2D eigenvalue weighted by Crippen LogP contribution is -2.27. The van der Waals surface area contributed by atoms with Crippen LogP contribution in [0.4, 0.5) is 0 Å². The SMILES string of the molecule is CSCCN(C)CN. The molecule has 0 aromatic rings. The number of hydrogen-bond donors (Lipinski definition) is 1. The first-order valence-electron chi connectivity index (χ1n) is 2.68. The molecule has 0 aliphatic rings. The first-order valence-corrected chi connectivity index (χ1v) is 4.08. The van der Waals surface area contributed by atoms with Gasteiger partial charge in [-0.15, -0.1) is 0 Å². The Hall–Kier alpha value is 0.270. The van der Waals surface area contributed by atoms with Crippen LogP contribution in [0.3, 0.4) is 0 Å². The molecule has 3 heteroatoms. The third kappa shape index (κ3) is 4.43. The van der Waals surface area contributed by atoms with Crippen LogP contribution >= 0.6 is 11.8 Å². The van der Waals surface area contributed by atoms with Gasteiger partial charge >= 0.3 is 0 Å². The van der Waals surface area contributed by atoms with E-state index in [1.165, 1.54) is 5.75 Å². The van der Waals surface area contributed by atoms with E-state index in [0.717, 1.165) is 6.54 Å². The minimum absolute atomic E-state index is 0.667. The zero-order chi connectivity index (χ0) is 6.41. The van der Waals surface area contributed by atoms with Crippen molar-refractivity contribution in [2.45, 2.75) is 0 Å². The van der Waals surface area contributed by atoms with Gasteiger partial charge in [0.1, 0.15) is 0 Å². The quantitative estimate of drug-likeness (QED) is 0.557. The average Bonchev–Trinajstić information content (AvgIpc) is 1.83. The summed E-state index contributed by atoms with van der Waals surface area (Å²) in [5, 5.41) is 0.